The minimum atomic E-state index is -1.00. The summed E-state index contributed by atoms with van der Waals surface area (Å²) in [7, 11) is 0. The third kappa shape index (κ3) is 3.14. The smallest absolute Gasteiger partial charge is 0.321 e. The highest BCUT2D eigenvalue weighted by Crippen LogP contribution is 2.22. The topological polar surface area (TPSA) is 102 Å². The number of aliphatic carboxylic acids is 1. The summed E-state index contributed by atoms with van der Waals surface area (Å²) in [5, 5.41) is 12.5. The van der Waals surface area contributed by atoms with E-state index in [1.54, 1.807) is 24.5 Å². The molecule has 0 amide bonds. The summed E-state index contributed by atoms with van der Waals surface area (Å²) in [6.07, 6.45) is 1.55. The quantitative estimate of drug-likeness (QED) is 0.819. The van der Waals surface area contributed by atoms with Gasteiger partial charge in [0.1, 0.15) is 6.04 Å². The Labute approximate surface area is 107 Å². The lowest BCUT2D eigenvalue weighted by atomic mass is 10.3. The van der Waals surface area contributed by atoms with Crippen LogP contribution in [0, 0.1) is 0 Å². The van der Waals surface area contributed by atoms with Crippen LogP contribution in [0.15, 0.2) is 33.4 Å². The van der Waals surface area contributed by atoms with Crippen LogP contribution >= 0.6 is 11.8 Å². The van der Waals surface area contributed by atoms with Crippen LogP contribution in [0.2, 0.25) is 0 Å². The Morgan fingerprint density at radius 2 is 2.39 bits per heavy atom. The van der Waals surface area contributed by atoms with Crippen LogP contribution in [0.4, 0.5) is 0 Å². The molecule has 2 heterocycles. The van der Waals surface area contributed by atoms with E-state index in [0.717, 1.165) is 5.69 Å². The summed E-state index contributed by atoms with van der Waals surface area (Å²) in [5.41, 5.74) is 6.11. The molecule has 3 N–H and O–H groups in total. The van der Waals surface area contributed by atoms with Crippen molar-refractivity contribution in [2.45, 2.75) is 11.8 Å². The maximum Gasteiger partial charge on any atom is 0.321 e. The fourth-order valence-corrected chi connectivity index (χ4v) is 2.14. The second-order valence-electron chi connectivity index (χ2n) is 3.62. The van der Waals surface area contributed by atoms with Gasteiger partial charge in [0.25, 0.3) is 0 Å². The molecule has 18 heavy (non-hydrogen) atoms. The molecule has 6 nitrogen and oxygen atoms in total. The standard InChI is InChI=1S/C11H12N2O4S/c12-8(11(14)15)6-18-5-7-4-10(17-13-7)9-2-1-3-16-9/h1-4,8H,5-6,12H2,(H,14,15)/t8-/m1/s1. The normalized spacial score (nSPS) is 12.5. The molecule has 0 fully saturated rings. The minimum Gasteiger partial charge on any atom is -0.480 e. The maximum atomic E-state index is 10.5. The molecule has 0 saturated carbocycles. The Hall–Kier alpha value is -1.73. The Balaban J connectivity index is 1.86. The van der Waals surface area contributed by atoms with Crippen LogP contribution in [0.1, 0.15) is 5.69 Å². The van der Waals surface area contributed by atoms with Gasteiger partial charge in [-0.1, -0.05) is 5.16 Å². The van der Waals surface area contributed by atoms with Gasteiger partial charge < -0.3 is 19.8 Å². The van der Waals surface area contributed by atoms with Crippen LogP contribution in [0.3, 0.4) is 0 Å². The van der Waals surface area contributed by atoms with E-state index < -0.39 is 12.0 Å². The molecular formula is C11H12N2O4S. The first-order chi connectivity index (χ1) is 8.66. The predicted octanol–water partition coefficient (Wildman–Crippen LogP) is 1.58. The summed E-state index contributed by atoms with van der Waals surface area (Å²) in [6.45, 7) is 0. The molecule has 2 aromatic heterocycles. The van der Waals surface area contributed by atoms with Crippen molar-refractivity contribution in [1.82, 2.24) is 5.16 Å². The third-order valence-corrected chi connectivity index (χ3v) is 3.28. The fourth-order valence-electron chi connectivity index (χ4n) is 1.28. The van der Waals surface area contributed by atoms with Crippen LogP contribution in [-0.2, 0) is 10.5 Å². The highest BCUT2D eigenvalue weighted by Gasteiger charge is 2.13. The van der Waals surface area contributed by atoms with Gasteiger partial charge in [0.15, 0.2) is 5.76 Å². The van der Waals surface area contributed by atoms with Crippen molar-refractivity contribution in [3.05, 3.63) is 30.2 Å². The summed E-state index contributed by atoms with van der Waals surface area (Å²) in [4.78, 5) is 10.5. The molecule has 0 saturated heterocycles. The number of thioether (sulfide) groups is 1. The highest BCUT2D eigenvalue weighted by molar-refractivity contribution is 7.98. The molecule has 2 aromatic rings. The van der Waals surface area contributed by atoms with Gasteiger partial charge in [-0.25, -0.2) is 0 Å². The zero-order valence-corrected chi connectivity index (χ0v) is 10.2. The van der Waals surface area contributed by atoms with Gasteiger partial charge in [-0.3, -0.25) is 4.79 Å². The number of rotatable bonds is 6. The summed E-state index contributed by atoms with van der Waals surface area (Å²) in [6, 6.07) is 4.44. The molecule has 0 aliphatic carbocycles. The molecule has 0 unspecified atom stereocenters. The number of hydrogen-bond donors (Lipinski definition) is 2. The molecule has 96 valence electrons. The van der Waals surface area contributed by atoms with E-state index in [9.17, 15) is 4.79 Å². The Morgan fingerprint density at radius 3 is 3.06 bits per heavy atom. The number of nitrogens with zero attached hydrogens (tertiary/aromatic N) is 1. The van der Waals surface area contributed by atoms with Crippen molar-refractivity contribution in [2.24, 2.45) is 5.73 Å². The fraction of sp³-hybridized carbons (Fsp3) is 0.273. The molecule has 0 bridgehead atoms. The van der Waals surface area contributed by atoms with E-state index in [-0.39, 0.29) is 0 Å². The van der Waals surface area contributed by atoms with Crippen molar-refractivity contribution in [3.8, 4) is 11.5 Å². The van der Waals surface area contributed by atoms with Crippen molar-refractivity contribution in [3.63, 3.8) is 0 Å². The molecule has 7 heteroatoms. The van der Waals surface area contributed by atoms with E-state index >= 15 is 0 Å². The largest absolute Gasteiger partial charge is 0.480 e. The highest BCUT2D eigenvalue weighted by atomic mass is 32.2. The number of aromatic nitrogens is 1. The maximum absolute atomic E-state index is 10.5. The van der Waals surface area contributed by atoms with E-state index in [4.69, 9.17) is 19.8 Å². The molecule has 0 aromatic carbocycles. The molecule has 1 atom stereocenters. The number of nitrogens with two attached hydrogens (primary N) is 1. The molecule has 0 aliphatic heterocycles. The number of carbonyl (C=O) groups is 1. The average molecular weight is 268 g/mol. The van der Waals surface area contributed by atoms with Crippen molar-refractivity contribution >= 4 is 17.7 Å². The predicted molar refractivity (Wildman–Crippen MR) is 66.0 cm³/mol. The van der Waals surface area contributed by atoms with Crippen molar-refractivity contribution < 1.29 is 18.8 Å². The number of furan rings is 1. The molecule has 0 aliphatic rings. The Morgan fingerprint density at radius 1 is 1.56 bits per heavy atom. The van der Waals surface area contributed by atoms with Crippen LogP contribution < -0.4 is 5.73 Å². The second kappa shape index (κ2) is 5.74. The van der Waals surface area contributed by atoms with E-state index in [1.807, 2.05) is 0 Å². The summed E-state index contributed by atoms with van der Waals surface area (Å²) >= 11 is 1.39. The molecule has 2 rings (SSSR count). The number of hydrogen-bond acceptors (Lipinski definition) is 6. The SMILES string of the molecule is N[C@H](CSCc1cc(-c2ccco2)on1)C(=O)O. The van der Waals surface area contributed by atoms with Gasteiger partial charge in [0, 0.05) is 17.6 Å². The Kier molecular flexibility index (Phi) is 4.06. The van der Waals surface area contributed by atoms with E-state index in [0.29, 0.717) is 23.0 Å². The van der Waals surface area contributed by atoms with Crippen molar-refractivity contribution in [2.75, 3.05) is 5.75 Å². The zero-order valence-electron chi connectivity index (χ0n) is 9.41. The molecule has 0 radical (unpaired) electrons. The first kappa shape index (κ1) is 12.7. The van der Waals surface area contributed by atoms with Gasteiger partial charge in [0.2, 0.25) is 5.76 Å². The third-order valence-electron chi connectivity index (χ3n) is 2.19. The van der Waals surface area contributed by atoms with Gasteiger partial charge in [0.05, 0.1) is 12.0 Å². The van der Waals surface area contributed by atoms with Gasteiger partial charge in [-0.15, -0.1) is 0 Å². The molecular weight excluding hydrogens is 256 g/mol. The Bertz CT molecular complexity index is 509. The van der Waals surface area contributed by atoms with Crippen LogP contribution in [0.25, 0.3) is 11.5 Å². The summed E-state index contributed by atoms with van der Waals surface area (Å²) in [5.74, 6) is 1.04. The van der Waals surface area contributed by atoms with Gasteiger partial charge >= 0.3 is 5.97 Å². The van der Waals surface area contributed by atoms with E-state index in [2.05, 4.69) is 5.16 Å². The van der Waals surface area contributed by atoms with Crippen molar-refractivity contribution in [1.29, 1.82) is 0 Å². The average Bonchev–Trinajstić information content (AvgIpc) is 2.98. The zero-order chi connectivity index (χ0) is 13.0. The van der Waals surface area contributed by atoms with Crippen LogP contribution in [-0.4, -0.2) is 28.0 Å². The van der Waals surface area contributed by atoms with Crippen LogP contribution in [0.5, 0.6) is 0 Å². The van der Waals surface area contributed by atoms with E-state index in [1.165, 1.54) is 11.8 Å². The lowest BCUT2D eigenvalue weighted by molar-refractivity contribution is -0.137. The first-order valence-electron chi connectivity index (χ1n) is 5.22. The number of carboxylic acid groups (broad SMARTS) is 1. The first-order valence-corrected chi connectivity index (χ1v) is 6.38. The number of carboxylic acids is 1. The minimum absolute atomic E-state index is 0.332. The summed E-state index contributed by atoms with van der Waals surface area (Å²) < 4.78 is 10.3. The van der Waals surface area contributed by atoms with Gasteiger partial charge in [-0.2, -0.15) is 11.8 Å². The lowest BCUT2D eigenvalue weighted by Gasteiger charge is -2.03. The monoisotopic (exact) mass is 268 g/mol. The lowest BCUT2D eigenvalue weighted by Crippen LogP contribution is -2.32. The second-order valence-corrected chi connectivity index (χ2v) is 4.65. The molecule has 0 spiro atoms. The van der Waals surface area contributed by atoms with Gasteiger partial charge in [-0.05, 0) is 12.1 Å².